The van der Waals surface area contributed by atoms with Gasteiger partial charge in [0.15, 0.2) is 0 Å². The normalized spacial score (nSPS) is 31.6. The van der Waals surface area contributed by atoms with E-state index in [-0.39, 0.29) is 24.8 Å². The first-order chi connectivity index (χ1) is 9.47. The molecule has 3 unspecified atom stereocenters. The number of carboxylic acids is 1. The summed E-state index contributed by atoms with van der Waals surface area (Å²) in [5, 5.41) is 11.6. The van der Waals surface area contributed by atoms with E-state index in [1.165, 1.54) is 19.3 Å². The van der Waals surface area contributed by atoms with Crippen molar-refractivity contribution in [3.63, 3.8) is 0 Å². The maximum atomic E-state index is 12.0. The van der Waals surface area contributed by atoms with E-state index in [0.717, 1.165) is 12.8 Å². The van der Waals surface area contributed by atoms with Gasteiger partial charge in [-0.15, -0.1) is 0 Å². The third-order valence-electron chi connectivity index (χ3n) is 4.69. The largest absolute Gasteiger partial charge is 0.481 e. The fourth-order valence-corrected chi connectivity index (χ4v) is 3.45. The standard InChI is InChI=1S/C14H25N3O3/c1-17-10-3-2-4-11(17)8-9(7-10)16-14(20)12(15)5-6-13(18)19/h9-12H,2-8,15H2,1H3,(H,16,20)(H,18,19). The first-order valence-corrected chi connectivity index (χ1v) is 7.47. The molecule has 0 radical (unpaired) electrons. The topological polar surface area (TPSA) is 95.7 Å². The van der Waals surface area contributed by atoms with Gasteiger partial charge in [-0.1, -0.05) is 6.42 Å². The van der Waals surface area contributed by atoms with E-state index >= 15 is 0 Å². The number of nitrogens with two attached hydrogens (primary N) is 1. The van der Waals surface area contributed by atoms with Crippen LogP contribution < -0.4 is 11.1 Å². The van der Waals surface area contributed by atoms with Crippen molar-refractivity contribution in [1.82, 2.24) is 10.2 Å². The number of fused-ring (bicyclic) bond motifs is 2. The third-order valence-corrected chi connectivity index (χ3v) is 4.69. The second-order valence-electron chi connectivity index (χ2n) is 6.12. The first kappa shape index (κ1) is 15.3. The minimum Gasteiger partial charge on any atom is -0.481 e. The maximum Gasteiger partial charge on any atom is 0.303 e. The molecule has 2 bridgehead atoms. The average molecular weight is 283 g/mol. The first-order valence-electron chi connectivity index (χ1n) is 7.47. The summed E-state index contributed by atoms with van der Waals surface area (Å²) in [6, 6.07) is 0.585. The third kappa shape index (κ3) is 3.70. The molecule has 2 heterocycles. The second-order valence-corrected chi connectivity index (χ2v) is 6.12. The Morgan fingerprint density at radius 3 is 2.50 bits per heavy atom. The van der Waals surface area contributed by atoms with Crippen molar-refractivity contribution >= 4 is 11.9 Å². The van der Waals surface area contributed by atoms with Crippen LogP contribution in [0.3, 0.4) is 0 Å². The average Bonchev–Trinajstić information content (AvgIpc) is 2.37. The van der Waals surface area contributed by atoms with Gasteiger partial charge < -0.3 is 21.1 Å². The van der Waals surface area contributed by atoms with Crippen LogP contribution in [0.5, 0.6) is 0 Å². The quantitative estimate of drug-likeness (QED) is 0.675. The number of carbonyl (C=O) groups is 2. The fourth-order valence-electron chi connectivity index (χ4n) is 3.45. The summed E-state index contributed by atoms with van der Waals surface area (Å²) in [5.74, 6) is -1.12. The maximum absolute atomic E-state index is 12.0. The van der Waals surface area contributed by atoms with Crippen molar-refractivity contribution in [2.24, 2.45) is 5.73 Å². The van der Waals surface area contributed by atoms with Gasteiger partial charge in [0.05, 0.1) is 6.04 Å². The van der Waals surface area contributed by atoms with Crippen LogP contribution in [0, 0.1) is 0 Å². The number of piperidine rings is 2. The Labute approximate surface area is 119 Å². The Morgan fingerprint density at radius 2 is 1.95 bits per heavy atom. The number of hydrogen-bond donors (Lipinski definition) is 3. The van der Waals surface area contributed by atoms with Crippen LogP contribution >= 0.6 is 0 Å². The zero-order chi connectivity index (χ0) is 14.7. The zero-order valence-electron chi connectivity index (χ0n) is 12.0. The molecule has 2 rings (SSSR count). The number of carbonyl (C=O) groups excluding carboxylic acids is 1. The molecular formula is C14H25N3O3. The number of hydrogen-bond acceptors (Lipinski definition) is 4. The van der Waals surface area contributed by atoms with Gasteiger partial charge in [-0.2, -0.15) is 0 Å². The van der Waals surface area contributed by atoms with E-state index in [9.17, 15) is 9.59 Å². The van der Waals surface area contributed by atoms with Gasteiger partial charge in [-0.05, 0) is 39.2 Å². The molecule has 0 aromatic heterocycles. The van der Waals surface area contributed by atoms with E-state index < -0.39 is 12.0 Å². The zero-order valence-corrected chi connectivity index (χ0v) is 12.0. The molecule has 3 atom stereocenters. The highest BCUT2D eigenvalue weighted by Crippen LogP contribution is 2.32. The van der Waals surface area contributed by atoms with E-state index in [1.54, 1.807) is 0 Å². The molecule has 0 aromatic carbocycles. The van der Waals surface area contributed by atoms with Crippen LogP contribution in [0.25, 0.3) is 0 Å². The van der Waals surface area contributed by atoms with E-state index in [2.05, 4.69) is 17.3 Å². The lowest BCUT2D eigenvalue weighted by atomic mass is 9.82. The van der Waals surface area contributed by atoms with Crippen LogP contribution in [-0.4, -0.2) is 53.1 Å². The van der Waals surface area contributed by atoms with E-state index in [0.29, 0.717) is 12.1 Å². The molecule has 2 aliphatic rings. The van der Waals surface area contributed by atoms with Gasteiger partial charge in [0.25, 0.3) is 0 Å². The molecule has 114 valence electrons. The molecule has 0 aliphatic carbocycles. The molecule has 0 spiro atoms. The van der Waals surface area contributed by atoms with Gasteiger partial charge in [0.2, 0.25) is 5.91 Å². The predicted molar refractivity (Wildman–Crippen MR) is 75.2 cm³/mol. The number of aliphatic carboxylic acids is 1. The molecule has 0 aromatic rings. The highest BCUT2D eigenvalue weighted by Gasteiger charge is 2.36. The van der Waals surface area contributed by atoms with Gasteiger partial charge in [-0.3, -0.25) is 9.59 Å². The fraction of sp³-hybridized carbons (Fsp3) is 0.857. The van der Waals surface area contributed by atoms with Crippen LogP contribution in [0.4, 0.5) is 0 Å². The molecule has 2 aliphatic heterocycles. The lowest BCUT2D eigenvalue weighted by molar-refractivity contribution is -0.137. The molecular weight excluding hydrogens is 258 g/mol. The Bertz CT molecular complexity index is 361. The Balaban J connectivity index is 1.81. The van der Waals surface area contributed by atoms with Gasteiger partial charge in [0, 0.05) is 24.5 Å². The number of rotatable bonds is 5. The highest BCUT2D eigenvalue weighted by molar-refractivity contribution is 5.82. The summed E-state index contributed by atoms with van der Waals surface area (Å²) in [4.78, 5) is 24.9. The van der Waals surface area contributed by atoms with Gasteiger partial charge in [-0.25, -0.2) is 0 Å². The lowest BCUT2D eigenvalue weighted by Gasteiger charge is -2.47. The Hall–Kier alpha value is -1.14. The van der Waals surface area contributed by atoms with Gasteiger partial charge in [0.1, 0.15) is 0 Å². The summed E-state index contributed by atoms with van der Waals surface area (Å²) in [7, 11) is 2.17. The van der Waals surface area contributed by atoms with Crippen molar-refractivity contribution in [1.29, 1.82) is 0 Å². The number of carboxylic acid groups (broad SMARTS) is 1. The molecule has 1 amide bonds. The van der Waals surface area contributed by atoms with Crippen LogP contribution in [0.1, 0.15) is 44.9 Å². The summed E-state index contributed by atoms with van der Waals surface area (Å²) in [6.07, 6.45) is 5.76. The Kier molecular flexibility index (Phi) is 4.99. The Morgan fingerprint density at radius 1 is 1.35 bits per heavy atom. The lowest BCUT2D eigenvalue weighted by Crippen LogP contribution is -2.56. The van der Waals surface area contributed by atoms with E-state index in [4.69, 9.17) is 10.8 Å². The summed E-state index contributed by atoms with van der Waals surface area (Å²) in [5.41, 5.74) is 5.74. The molecule has 2 fully saturated rings. The van der Waals surface area contributed by atoms with Crippen LogP contribution in [0.2, 0.25) is 0 Å². The van der Waals surface area contributed by atoms with Crippen molar-refractivity contribution < 1.29 is 14.7 Å². The molecule has 6 nitrogen and oxygen atoms in total. The summed E-state index contributed by atoms with van der Waals surface area (Å²) >= 11 is 0. The van der Waals surface area contributed by atoms with Crippen molar-refractivity contribution in [2.45, 2.75) is 69.1 Å². The van der Waals surface area contributed by atoms with Crippen LogP contribution in [0.15, 0.2) is 0 Å². The molecule has 0 saturated carbocycles. The van der Waals surface area contributed by atoms with Crippen molar-refractivity contribution in [3.05, 3.63) is 0 Å². The number of nitrogens with one attached hydrogen (secondary N) is 1. The predicted octanol–water partition coefficient (Wildman–Crippen LogP) is 0.310. The molecule has 6 heteroatoms. The van der Waals surface area contributed by atoms with Crippen molar-refractivity contribution in [3.8, 4) is 0 Å². The molecule has 4 N–H and O–H groups in total. The smallest absolute Gasteiger partial charge is 0.303 e. The monoisotopic (exact) mass is 283 g/mol. The summed E-state index contributed by atoms with van der Waals surface area (Å²) in [6.45, 7) is 0. The SMILES string of the molecule is CN1C2CCCC1CC(NC(=O)C(N)CCC(=O)O)C2. The minimum absolute atomic E-state index is 0.0623. The second kappa shape index (κ2) is 6.54. The van der Waals surface area contributed by atoms with E-state index in [1.807, 2.05) is 0 Å². The van der Waals surface area contributed by atoms with Crippen molar-refractivity contribution in [2.75, 3.05) is 7.05 Å². The minimum atomic E-state index is -0.915. The van der Waals surface area contributed by atoms with Crippen LogP contribution in [-0.2, 0) is 9.59 Å². The number of amides is 1. The molecule has 2 saturated heterocycles. The molecule has 20 heavy (non-hydrogen) atoms. The summed E-state index contributed by atoms with van der Waals surface area (Å²) < 4.78 is 0. The van der Waals surface area contributed by atoms with Gasteiger partial charge >= 0.3 is 5.97 Å². The highest BCUT2D eigenvalue weighted by atomic mass is 16.4. The number of nitrogens with zero attached hydrogens (tertiary/aromatic N) is 1.